The van der Waals surface area contributed by atoms with E-state index in [1.807, 2.05) is 42.6 Å². The van der Waals surface area contributed by atoms with Crippen LogP contribution in [0.3, 0.4) is 0 Å². The number of nitrogens with zero attached hydrogens (tertiary/aromatic N) is 1. The van der Waals surface area contributed by atoms with E-state index in [0.29, 0.717) is 13.0 Å². The number of sulfonamides is 1. The van der Waals surface area contributed by atoms with E-state index in [0.717, 1.165) is 21.8 Å². The van der Waals surface area contributed by atoms with Crippen LogP contribution in [0, 0.1) is 6.92 Å². The zero-order chi connectivity index (χ0) is 17.0. The first-order valence-electron chi connectivity index (χ1n) is 7.61. The van der Waals surface area contributed by atoms with Gasteiger partial charge in [-0.25, -0.2) is 18.1 Å². The lowest BCUT2D eigenvalue weighted by molar-refractivity contribution is 0.581. The lowest BCUT2D eigenvalue weighted by atomic mass is 10.2. The molecule has 0 aliphatic heterocycles. The molecule has 0 aliphatic carbocycles. The lowest BCUT2D eigenvalue weighted by Crippen LogP contribution is -2.26. The van der Waals surface area contributed by atoms with Gasteiger partial charge in [0.1, 0.15) is 5.01 Å². The molecule has 1 N–H and O–H groups in total. The third-order valence-electron chi connectivity index (χ3n) is 3.58. The van der Waals surface area contributed by atoms with Crippen molar-refractivity contribution in [1.82, 2.24) is 9.71 Å². The fraction of sp³-hybridized carbons (Fsp3) is 0.167. The smallest absolute Gasteiger partial charge is 0.240 e. The molecule has 0 radical (unpaired) electrons. The van der Waals surface area contributed by atoms with Crippen molar-refractivity contribution in [2.75, 3.05) is 6.54 Å². The molecule has 0 unspecified atom stereocenters. The Kier molecular flexibility index (Phi) is 5.08. The number of nitrogens with one attached hydrogen (secondary N) is 1. The summed E-state index contributed by atoms with van der Waals surface area (Å²) in [6.07, 6.45) is 0.564. The third-order valence-corrected chi connectivity index (χ3v) is 5.99. The average molecular weight is 358 g/mol. The fourth-order valence-electron chi connectivity index (χ4n) is 2.25. The molecule has 0 fully saturated rings. The van der Waals surface area contributed by atoms with Crippen molar-refractivity contribution in [3.63, 3.8) is 0 Å². The van der Waals surface area contributed by atoms with Gasteiger partial charge in [-0.3, -0.25) is 0 Å². The summed E-state index contributed by atoms with van der Waals surface area (Å²) in [5.74, 6) is 0. The Labute approximate surface area is 146 Å². The number of thiazole rings is 1. The summed E-state index contributed by atoms with van der Waals surface area (Å²) in [6, 6.07) is 16.8. The third kappa shape index (κ3) is 4.08. The summed E-state index contributed by atoms with van der Waals surface area (Å²) >= 11 is 1.57. The van der Waals surface area contributed by atoms with Crippen molar-refractivity contribution >= 4 is 21.4 Å². The van der Waals surface area contributed by atoms with Crippen LogP contribution in [0.4, 0.5) is 0 Å². The van der Waals surface area contributed by atoms with Gasteiger partial charge in [-0.1, -0.05) is 48.0 Å². The first-order chi connectivity index (χ1) is 11.5. The summed E-state index contributed by atoms with van der Waals surface area (Å²) in [6.45, 7) is 2.25. The van der Waals surface area contributed by atoms with Gasteiger partial charge in [-0.15, -0.1) is 11.3 Å². The minimum absolute atomic E-state index is 0.288. The first kappa shape index (κ1) is 16.8. The highest BCUT2D eigenvalue weighted by molar-refractivity contribution is 7.89. The van der Waals surface area contributed by atoms with Crippen molar-refractivity contribution < 1.29 is 8.42 Å². The van der Waals surface area contributed by atoms with Crippen LogP contribution >= 0.6 is 11.3 Å². The topological polar surface area (TPSA) is 59.1 Å². The van der Waals surface area contributed by atoms with Crippen LogP contribution in [0.25, 0.3) is 10.6 Å². The highest BCUT2D eigenvalue weighted by Gasteiger charge is 2.13. The van der Waals surface area contributed by atoms with Crippen LogP contribution in [0.15, 0.2) is 64.9 Å². The van der Waals surface area contributed by atoms with Crippen molar-refractivity contribution in [2.24, 2.45) is 0 Å². The molecule has 0 amide bonds. The summed E-state index contributed by atoms with van der Waals surface area (Å²) in [5.41, 5.74) is 3.00. The number of benzene rings is 2. The minimum Gasteiger partial charge on any atom is -0.241 e. The quantitative estimate of drug-likeness (QED) is 0.732. The maximum Gasteiger partial charge on any atom is 0.240 e. The maximum atomic E-state index is 12.2. The largest absolute Gasteiger partial charge is 0.241 e. The highest BCUT2D eigenvalue weighted by atomic mass is 32.2. The second kappa shape index (κ2) is 7.25. The molecule has 3 rings (SSSR count). The zero-order valence-electron chi connectivity index (χ0n) is 13.3. The van der Waals surface area contributed by atoms with Gasteiger partial charge >= 0.3 is 0 Å². The Bertz CT molecular complexity index is 902. The van der Waals surface area contributed by atoms with Gasteiger partial charge in [-0.2, -0.15) is 0 Å². The van der Waals surface area contributed by atoms with Crippen molar-refractivity contribution in [3.05, 3.63) is 71.2 Å². The van der Waals surface area contributed by atoms with Crippen LogP contribution in [0.5, 0.6) is 0 Å². The molecule has 1 heterocycles. The molecule has 6 heteroatoms. The normalized spacial score (nSPS) is 11.5. The highest BCUT2D eigenvalue weighted by Crippen LogP contribution is 2.23. The summed E-state index contributed by atoms with van der Waals surface area (Å²) < 4.78 is 27.1. The Morgan fingerprint density at radius 2 is 1.75 bits per heavy atom. The first-order valence-corrected chi connectivity index (χ1v) is 9.97. The van der Waals surface area contributed by atoms with Crippen molar-refractivity contribution in [2.45, 2.75) is 18.2 Å². The van der Waals surface area contributed by atoms with E-state index >= 15 is 0 Å². The van der Waals surface area contributed by atoms with Gasteiger partial charge in [0, 0.05) is 23.9 Å². The fourth-order valence-corrected chi connectivity index (χ4v) is 4.14. The molecule has 3 aromatic rings. The summed E-state index contributed by atoms with van der Waals surface area (Å²) in [7, 11) is -3.47. The van der Waals surface area contributed by atoms with Gasteiger partial charge in [0.05, 0.1) is 10.6 Å². The lowest BCUT2D eigenvalue weighted by Gasteiger charge is -2.06. The SMILES string of the molecule is Cc1ccc(S(=O)(=O)NCCc2csc(-c3ccccc3)n2)cc1. The van der Waals surface area contributed by atoms with Crippen LogP contribution in [0.2, 0.25) is 0 Å². The molecule has 0 bridgehead atoms. The molecule has 1 aromatic heterocycles. The summed E-state index contributed by atoms with van der Waals surface area (Å²) in [4.78, 5) is 4.86. The van der Waals surface area contributed by atoms with Crippen LogP contribution in [-0.2, 0) is 16.4 Å². The molecule has 24 heavy (non-hydrogen) atoms. The average Bonchev–Trinajstić information content (AvgIpc) is 3.05. The Morgan fingerprint density at radius 1 is 1.04 bits per heavy atom. The van der Waals surface area contributed by atoms with E-state index in [1.54, 1.807) is 35.6 Å². The molecule has 124 valence electrons. The molecule has 0 aliphatic rings. The Hall–Kier alpha value is -2.02. The zero-order valence-corrected chi connectivity index (χ0v) is 14.9. The molecular weight excluding hydrogens is 340 g/mol. The summed E-state index contributed by atoms with van der Waals surface area (Å²) in [5, 5.41) is 2.93. The van der Waals surface area contributed by atoms with Crippen LogP contribution < -0.4 is 4.72 Å². The standard InChI is InChI=1S/C18H18N2O2S2/c1-14-7-9-17(10-8-14)24(21,22)19-12-11-16-13-23-18(20-16)15-5-3-2-4-6-15/h2-10,13,19H,11-12H2,1H3. The number of hydrogen-bond acceptors (Lipinski definition) is 4. The minimum atomic E-state index is -3.47. The monoisotopic (exact) mass is 358 g/mol. The van der Waals surface area contributed by atoms with Gasteiger partial charge in [0.2, 0.25) is 10.0 Å². The molecule has 0 atom stereocenters. The van der Waals surface area contributed by atoms with Gasteiger partial charge in [0.15, 0.2) is 0 Å². The molecular formula is C18H18N2O2S2. The van der Waals surface area contributed by atoms with Crippen molar-refractivity contribution in [1.29, 1.82) is 0 Å². The second-order valence-corrected chi connectivity index (χ2v) is 8.10. The number of aryl methyl sites for hydroxylation is 1. The number of aromatic nitrogens is 1. The van der Waals surface area contributed by atoms with E-state index in [1.165, 1.54) is 0 Å². The van der Waals surface area contributed by atoms with Gasteiger partial charge in [-0.05, 0) is 19.1 Å². The molecule has 0 saturated carbocycles. The number of hydrogen-bond donors (Lipinski definition) is 1. The Balaban J connectivity index is 1.60. The van der Waals surface area contributed by atoms with Crippen LogP contribution in [-0.4, -0.2) is 19.9 Å². The molecule has 0 spiro atoms. The molecule has 4 nitrogen and oxygen atoms in total. The van der Waals surface area contributed by atoms with Gasteiger partial charge < -0.3 is 0 Å². The predicted octanol–water partition coefficient (Wildman–Crippen LogP) is 3.64. The van der Waals surface area contributed by atoms with Crippen LogP contribution in [0.1, 0.15) is 11.3 Å². The molecule has 2 aromatic carbocycles. The second-order valence-electron chi connectivity index (χ2n) is 5.47. The van der Waals surface area contributed by atoms with E-state index in [9.17, 15) is 8.42 Å². The van der Waals surface area contributed by atoms with E-state index < -0.39 is 10.0 Å². The van der Waals surface area contributed by atoms with E-state index in [2.05, 4.69) is 9.71 Å². The predicted molar refractivity (Wildman–Crippen MR) is 97.6 cm³/mol. The Morgan fingerprint density at radius 3 is 2.46 bits per heavy atom. The van der Waals surface area contributed by atoms with Gasteiger partial charge in [0.25, 0.3) is 0 Å². The molecule has 0 saturated heterocycles. The van der Waals surface area contributed by atoms with E-state index in [4.69, 9.17) is 0 Å². The van der Waals surface area contributed by atoms with E-state index in [-0.39, 0.29) is 4.90 Å². The number of rotatable bonds is 6. The van der Waals surface area contributed by atoms with Crippen molar-refractivity contribution in [3.8, 4) is 10.6 Å². The maximum absolute atomic E-state index is 12.2.